The molecule has 3 aromatic rings. The summed E-state index contributed by atoms with van der Waals surface area (Å²) in [5, 5.41) is 18.2. The van der Waals surface area contributed by atoms with Crippen LogP contribution in [-0.4, -0.2) is 39.5 Å². The van der Waals surface area contributed by atoms with E-state index in [0.717, 1.165) is 27.9 Å². The summed E-state index contributed by atoms with van der Waals surface area (Å²) in [4.78, 5) is 15.7. The predicted octanol–water partition coefficient (Wildman–Crippen LogP) is 2.08. The zero-order valence-corrected chi connectivity index (χ0v) is 16.3. The molecule has 0 saturated carbocycles. The fraction of sp³-hybridized carbons (Fsp3) is 0.286. The van der Waals surface area contributed by atoms with E-state index >= 15 is 0 Å². The summed E-state index contributed by atoms with van der Waals surface area (Å²) in [7, 11) is 1.57. The van der Waals surface area contributed by atoms with Gasteiger partial charge in [-0.1, -0.05) is 6.07 Å². The first-order valence-corrected chi connectivity index (χ1v) is 9.29. The van der Waals surface area contributed by atoms with Crippen LogP contribution >= 0.6 is 0 Å². The van der Waals surface area contributed by atoms with Crippen LogP contribution in [0.5, 0.6) is 5.88 Å². The fourth-order valence-electron chi connectivity index (χ4n) is 3.44. The number of ether oxygens (including phenoxy) is 2. The molecule has 8 nitrogen and oxygen atoms in total. The van der Waals surface area contributed by atoms with Crippen LogP contribution in [-0.2, 0) is 17.9 Å². The number of cyclic esters (lactones) is 1. The van der Waals surface area contributed by atoms with E-state index in [-0.39, 0.29) is 12.6 Å². The Kier molecular flexibility index (Phi) is 5.28. The third kappa shape index (κ3) is 3.85. The third-order valence-electron chi connectivity index (χ3n) is 5.06. The van der Waals surface area contributed by atoms with Crippen molar-refractivity contribution < 1.29 is 19.4 Å². The van der Waals surface area contributed by atoms with Gasteiger partial charge in [0, 0.05) is 42.7 Å². The van der Waals surface area contributed by atoms with E-state index in [2.05, 4.69) is 15.4 Å². The van der Waals surface area contributed by atoms with Crippen LogP contribution in [0.15, 0.2) is 42.9 Å². The van der Waals surface area contributed by atoms with Crippen LogP contribution in [0.4, 0.5) is 0 Å². The molecule has 29 heavy (non-hydrogen) atoms. The average molecular weight is 394 g/mol. The van der Waals surface area contributed by atoms with Crippen LogP contribution in [0.2, 0.25) is 0 Å². The molecule has 2 N–H and O–H groups in total. The smallest absolute Gasteiger partial charge is 0.338 e. The van der Waals surface area contributed by atoms with E-state index in [1.807, 2.05) is 19.2 Å². The highest BCUT2D eigenvalue weighted by Gasteiger charge is 2.25. The molecule has 8 heteroatoms. The highest BCUT2D eigenvalue weighted by molar-refractivity contribution is 5.93. The Hall–Kier alpha value is -3.23. The largest absolute Gasteiger partial charge is 0.481 e. The monoisotopic (exact) mass is 394 g/mol. The number of carbonyl (C=O) groups excluding carboxylic acids is 1. The molecule has 1 aromatic carbocycles. The summed E-state index contributed by atoms with van der Waals surface area (Å²) in [6.07, 6.45) is 4.67. The molecule has 0 saturated heterocycles. The van der Waals surface area contributed by atoms with Crippen LogP contribution < -0.4 is 10.1 Å². The lowest BCUT2D eigenvalue weighted by Gasteiger charge is -2.16. The second kappa shape index (κ2) is 8.02. The second-order valence-corrected chi connectivity index (χ2v) is 6.88. The molecule has 1 atom stereocenters. The Bertz CT molecular complexity index is 1050. The molecule has 0 bridgehead atoms. The third-order valence-corrected chi connectivity index (χ3v) is 5.06. The van der Waals surface area contributed by atoms with Gasteiger partial charge < -0.3 is 19.9 Å². The van der Waals surface area contributed by atoms with Gasteiger partial charge in [-0.25, -0.2) is 14.5 Å². The number of aliphatic hydroxyl groups is 1. The number of fused-ring (bicyclic) bond motifs is 1. The van der Waals surface area contributed by atoms with Gasteiger partial charge in [0.25, 0.3) is 0 Å². The number of carbonyl (C=O) groups is 1. The van der Waals surface area contributed by atoms with E-state index in [1.165, 1.54) is 0 Å². The lowest BCUT2D eigenvalue weighted by Crippen LogP contribution is -2.21. The van der Waals surface area contributed by atoms with Gasteiger partial charge in [0.1, 0.15) is 6.61 Å². The summed E-state index contributed by atoms with van der Waals surface area (Å²) in [5.41, 5.74) is 5.00. The van der Waals surface area contributed by atoms with E-state index in [4.69, 9.17) is 9.47 Å². The molecule has 1 aliphatic rings. The van der Waals surface area contributed by atoms with E-state index in [0.29, 0.717) is 24.5 Å². The normalized spacial score (nSPS) is 13.8. The minimum atomic E-state index is -0.685. The average Bonchev–Trinajstić information content (AvgIpc) is 3.36. The van der Waals surface area contributed by atoms with Crippen molar-refractivity contribution in [3.05, 3.63) is 70.7 Å². The van der Waals surface area contributed by atoms with Gasteiger partial charge in [-0.05, 0) is 30.2 Å². The van der Waals surface area contributed by atoms with Crippen molar-refractivity contribution in [3.8, 4) is 11.6 Å². The van der Waals surface area contributed by atoms with Gasteiger partial charge in [0.05, 0.1) is 30.7 Å². The van der Waals surface area contributed by atoms with Crippen molar-refractivity contribution in [1.29, 1.82) is 0 Å². The summed E-state index contributed by atoms with van der Waals surface area (Å²) < 4.78 is 12.0. The van der Waals surface area contributed by atoms with Gasteiger partial charge in [-0.3, -0.25) is 0 Å². The molecule has 0 fully saturated rings. The number of rotatable bonds is 7. The van der Waals surface area contributed by atoms with E-state index in [9.17, 15) is 9.90 Å². The lowest BCUT2D eigenvalue weighted by molar-refractivity contribution is 0.0535. The van der Waals surface area contributed by atoms with Gasteiger partial charge >= 0.3 is 5.97 Å². The van der Waals surface area contributed by atoms with Gasteiger partial charge in [-0.15, -0.1) is 0 Å². The molecule has 150 valence electrons. The Morgan fingerprint density at radius 2 is 2.24 bits per heavy atom. The molecular weight excluding hydrogens is 372 g/mol. The van der Waals surface area contributed by atoms with E-state index in [1.54, 1.807) is 42.4 Å². The number of aliphatic hydroxyl groups excluding tert-OH is 1. The quantitative estimate of drug-likeness (QED) is 0.592. The maximum Gasteiger partial charge on any atom is 0.338 e. The molecule has 0 radical (unpaired) electrons. The minimum Gasteiger partial charge on any atom is -0.481 e. The summed E-state index contributed by atoms with van der Waals surface area (Å²) in [6, 6.07) is 7.17. The Balaban J connectivity index is 1.37. The molecule has 2 aromatic heterocycles. The van der Waals surface area contributed by atoms with Crippen molar-refractivity contribution in [2.45, 2.75) is 26.2 Å². The number of hydrogen-bond acceptors (Lipinski definition) is 7. The first-order chi connectivity index (χ1) is 14.1. The maximum absolute atomic E-state index is 11.7. The molecule has 1 aliphatic heterocycles. The number of aromatic nitrogens is 3. The zero-order chi connectivity index (χ0) is 20.4. The Morgan fingerprint density at radius 1 is 1.38 bits per heavy atom. The van der Waals surface area contributed by atoms with Gasteiger partial charge in [-0.2, -0.15) is 5.10 Å². The van der Waals surface area contributed by atoms with Crippen LogP contribution in [0.25, 0.3) is 5.69 Å². The standard InChI is InChI=1S/C21H22N4O4/c1-13-16(3-4-17-18(13)12-29-21(17)27)19(26)10-22-8-14-9-24-25(11-14)15-5-6-23-20(7-15)28-2/h3-7,9,11,19,22,26H,8,10,12H2,1-2H3. The van der Waals surface area contributed by atoms with Crippen molar-refractivity contribution in [3.63, 3.8) is 0 Å². The Morgan fingerprint density at radius 3 is 3.07 bits per heavy atom. The summed E-state index contributed by atoms with van der Waals surface area (Å²) in [5.74, 6) is 0.226. The Labute approximate surface area is 168 Å². The first-order valence-electron chi connectivity index (χ1n) is 9.29. The highest BCUT2D eigenvalue weighted by Crippen LogP contribution is 2.28. The topological polar surface area (TPSA) is 98.5 Å². The SMILES string of the molecule is COc1cc(-n2cc(CNCC(O)c3ccc4c(c3C)COC4=O)cn2)ccn1. The number of esters is 1. The number of methoxy groups -OCH3 is 1. The maximum atomic E-state index is 11.7. The molecule has 0 aliphatic carbocycles. The second-order valence-electron chi connectivity index (χ2n) is 6.88. The lowest BCUT2D eigenvalue weighted by atomic mass is 9.95. The van der Waals surface area contributed by atoms with Gasteiger partial charge in [0.2, 0.25) is 5.88 Å². The van der Waals surface area contributed by atoms with Gasteiger partial charge in [0.15, 0.2) is 0 Å². The molecule has 3 heterocycles. The van der Waals surface area contributed by atoms with Crippen molar-refractivity contribution >= 4 is 5.97 Å². The predicted molar refractivity (Wildman–Crippen MR) is 105 cm³/mol. The van der Waals surface area contributed by atoms with Crippen molar-refractivity contribution in [1.82, 2.24) is 20.1 Å². The molecule has 0 amide bonds. The minimum absolute atomic E-state index is 0.271. The molecule has 1 unspecified atom stereocenters. The highest BCUT2D eigenvalue weighted by atomic mass is 16.5. The number of nitrogens with one attached hydrogen (secondary N) is 1. The number of hydrogen-bond donors (Lipinski definition) is 2. The summed E-state index contributed by atoms with van der Waals surface area (Å²) in [6.45, 7) is 3.12. The first kappa shape index (κ1) is 19.1. The molecule has 4 rings (SSSR count). The van der Waals surface area contributed by atoms with Crippen LogP contribution in [0.3, 0.4) is 0 Å². The van der Waals surface area contributed by atoms with Crippen molar-refractivity contribution in [2.24, 2.45) is 0 Å². The summed E-state index contributed by atoms with van der Waals surface area (Å²) >= 11 is 0. The van der Waals surface area contributed by atoms with Crippen LogP contribution in [0, 0.1) is 6.92 Å². The van der Waals surface area contributed by atoms with E-state index < -0.39 is 6.10 Å². The molecule has 0 spiro atoms. The molecular formula is C21H22N4O4. The number of benzene rings is 1. The van der Waals surface area contributed by atoms with Crippen molar-refractivity contribution in [2.75, 3.05) is 13.7 Å². The fourth-order valence-corrected chi connectivity index (χ4v) is 3.44. The zero-order valence-electron chi connectivity index (χ0n) is 16.3. The van der Waals surface area contributed by atoms with Crippen LogP contribution in [0.1, 0.15) is 38.7 Å². The number of nitrogens with zero attached hydrogens (tertiary/aromatic N) is 3. The number of pyridine rings is 1.